The van der Waals surface area contributed by atoms with Crippen molar-refractivity contribution in [1.29, 1.82) is 0 Å². The number of hydrogen-bond donors (Lipinski definition) is 3. The lowest BCUT2D eigenvalue weighted by Gasteiger charge is -2.14. The van der Waals surface area contributed by atoms with Crippen LogP contribution < -0.4 is 16.6 Å². The van der Waals surface area contributed by atoms with E-state index in [1.165, 1.54) is 0 Å². The molecule has 2 unspecified atom stereocenters. The van der Waals surface area contributed by atoms with E-state index in [0.717, 1.165) is 19.3 Å². The first kappa shape index (κ1) is 12.9. The highest BCUT2D eigenvalue weighted by Crippen LogP contribution is 2.22. The molecule has 5 nitrogen and oxygen atoms in total. The number of rotatable bonds is 4. The molecule has 0 bridgehead atoms. The SMILES string of the molecule is COC1CCC(NC(=O)c2ccccc2NN)C1. The van der Waals surface area contributed by atoms with E-state index in [1.54, 1.807) is 19.2 Å². The van der Waals surface area contributed by atoms with E-state index in [0.29, 0.717) is 11.3 Å². The molecule has 0 radical (unpaired) electrons. The predicted octanol–water partition coefficient (Wildman–Crippen LogP) is 1.27. The van der Waals surface area contributed by atoms with Crippen LogP contribution in [-0.4, -0.2) is 25.2 Å². The van der Waals surface area contributed by atoms with E-state index < -0.39 is 0 Å². The zero-order valence-corrected chi connectivity index (χ0v) is 10.5. The molecule has 98 valence electrons. The minimum atomic E-state index is -0.0923. The molecule has 0 aliphatic heterocycles. The quantitative estimate of drug-likeness (QED) is 0.555. The topological polar surface area (TPSA) is 76.4 Å². The molecular weight excluding hydrogens is 230 g/mol. The normalized spacial score (nSPS) is 22.8. The zero-order valence-electron chi connectivity index (χ0n) is 10.5. The van der Waals surface area contributed by atoms with E-state index in [-0.39, 0.29) is 18.1 Å². The van der Waals surface area contributed by atoms with Gasteiger partial charge in [0.2, 0.25) is 0 Å². The number of carbonyl (C=O) groups excluding carboxylic acids is 1. The van der Waals surface area contributed by atoms with Crippen LogP contribution in [0.25, 0.3) is 0 Å². The summed E-state index contributed by atoms with van der Waals surface area (Å²) in [5.74, 6) is 5.30. The van der Waals surface area contributed by atoms with Gasteiger partial charge >= 0.3 is 0 Å². The van der Waals surface area contributed by atoms with Crippen molar-refractivity contribution in [2.45, 2.75) is 31.4 Å². The van der Waals surface area contributed by atoms with Gasteiger partial charge in [-0.25, -0.2) is 0 Å². The fourth-order valence-corrected chi connectivity index (χ4v) is 2.36. The average molecular weight is 249 g/mol. The summed E-state index contributed by atoms with van der Waals surface area (Å²) in [7, 11) is 1.71. The van der Waals surface area contributed by atoms with Gasteiger partial charge in [0.15, 0.2) is 0 Å². The number of para-hydroxylation sites is 1. The van der Waals surface area contributed by atoms with Crippen molar-refractivity contribution in [3.8, 4) is 0 Å². The van der Waals surface area contributed by atoms with Crippen LogP contribution in [0.2, 0.25) is 0 Å². The Bertz CT molecular complexity index is 422. The molecule has 2 rings (SSSR count). The Hall–Kier alpha value is -1.59. The molecule has 1 saturated carbocycles. The van der Waals surface area contributed by atoms with Gasteiger partial charge in [0.05, 0.1) is 17.4 Å². The maximum absolute atomic E-state index is 12.1. The maximum atomic E-state index is 12.1. The van der Waals surface area contributed by atoms with Crippen molar-refractivity contribution < 1.29 is 9.53 Å². The number of methoxy groups -OCH3 is 1. The molecule has 4 N–H and O–H groups in total. The number of carbonyl (C=O) groups is 1. The molecule has 1 amide bonds. The number of nitrogens with two attached hydrogens (primary N) is 1. The first-order valence-electron chi connectivity index (χ1n) is 6.14. The van der Waals surface area contributed by atoms with Gasteiger partial charge in [-0.2, -0.15) is 0 Å². The molecule has 1 fully saturated rings. The maximum Gasteiger partial charge on any atom is 0.253 e. The van der Waals surface area contributed by atoms with Crippen LogP contribution in [0.15, 0.2) is 24.3 Å². The molecule has 1 aromatic rings. The highest BCUT2D eigenvalue weighted by atomic mass is 16.5. The summed E-state index contributed by atoms with van der Waals surface area (Å²) in [5.41, 5.74) is 3.74. The van der Waals surface area contributed by atoms with E-state index in [1.807, 2.05) is 12.1 Å². The Kier molecular flexibility index (Phi) is 4.17. The van der Waals surface area contributed by atoms with Gasteiger partial charge in [-0.1, -0.05) is 12.1 Å². The Morgan fingerprint density at radius 2 is 2.17 bits per heavy atom. The van der Waals surface area contributed by atoms with Gasteiger partial charge in [0, 0.05) is 13.2 Å². The summed E-state index contributed by atoms with van der Waals surface area (Å²) in [5, 5.41) is 3.02. The third-order valence-corrected chi connectivity index (χ3v) is 3.38. The number of amides is 1. The van der Waals surface area contributed by atoms with Gasteiger partial charge < -0.3 is 15.5 Å². The number of benzene rings is 1. The number of nitrogens with one attached hydrogen (secondary N) is 2. The first-order chi connectivity index (χ1) is 8.74. The van der Waals surface area contributed by atoms with Crippen LogP contribution in [0.1, 0.15) is 29.6 Å². The van der Waals surface area contributed by atoms with Crippen molar-refractivity contribution in [1.82, 2.24) is 5.32 Å². The molecule has 2 atom stereocenters. The molecule has 18 heavy (non-hydrogen) atoms. The minimum absolute atomic E-state index is 0.0923. The zero-order chi connectivity index (χ0) is 13.0. The summed E-state index contributed by atoms with van der Waals surface area (Å²) >= 11 is 0. The van der Waals surface area contributed by atoms with Crippen molar-refractivity contribution in [2.24, 2.45) is 5.84 Å². The number of hydrazine groups is 1. The fraction of sp³-hybridized carbons (Fsp3) is 0.462. The molecule has 1 aromatic carbocycles. The van der Waals surface area contributed by atoms with E-state index in [2.05, 4.69) is 10.7 Å². The Balaban J connectivity index is 2.00. The molecule has 0 saturated heterocycles. The third kappa shape index (κ3) is 2.80. The average Bonchev–Trinajstić information content (AvgIpc) is 2.86. The number of hydrogen-bond acceptors (Lipinski definition) is 4. The van der Waals surface area contributed by atoms with E-state index >= 15 is 0 Å². The molecule has 0 aromatic heterocycles. The lowest BCUT2D eigenvalue weighted by Crippen LogP contribution is -2.34. The lowest BCUT2D eigenvalue weighted by molar-refractivity contribution is 0.0915. The largest absolute Gasteiger partial charge is 0.381 e. The highest BCUT2D eigenvalue weighted by molar-refractivity contribution is 5.99. The molecule has 1 aliphatic carbocycles. The Labute approximate surface area is 107 Å². The second-order valence-electron chi connectivity index (χ2n) is 4.53. The fourth-order valence-electron chi connectivity index (χ4n) is 2.36. The standard InChI is InChI=1S/C13H19N3O2/c1-18-10-7-6-9(8-10)15-13(17)11-4-2-3-5-12(11)16-14/h2-5,9-10,16H,6-8,14H2,1H3,(H,15,17). The summed E-state index contributed by atoms with van der Waals surface area (Å²) < 4.78 is 5.29. The molecular formula is C13H19N3O2. The van der Waals surface area contributed by atoms with Crippen molar-refractivity contribution in [2.75, 3.05) is 12.5 Å². The number of nitrogen functional groups attached to an aromatic ring is 1. The Morgan fingerprint density at radius 1 is 1.39 bits per heavy atom. The summed E-state index contributed by atoms with van der Waals surface area (Å²) in [6.07, 6.45) is 3.10. The van der Waals surface area contributed by atoms with E-state index in [9.17, 15) is 4.79 Å². The van der Waals surface area contributed by atoms with Crippen molar-refractivity contribution >= 4 is 11.6 Å². The van der Waals surface area contributed by atoms with E-state index in [4.69, 9.17) is 10.6 Å². The second kappa shape index (κ2) is 5.84. The summed E-state index contributed by atoms with van der Waals surface area (Å²) in [6.45, 7) is 0. The minimum Gasteiger partial charge on any atom is -0.381 e. The lowest BCUT2D eigenvalue weighted by atomic mass is 10.1. The van der Waals surface area contributed by atoms with Crippen LogP contribution in [0, 0.1) is 0 Å². The van der Waals surface area contributed by atoms with Crippen molar-refractivity contribution in [3.05, 3.63) is 29.8 Å². The molecule has 0 heterocycles. The summed E-state index contributed by atoms with van der Waals surface area (Å²) in [4.78, 5) is 12.1. The van der Waals surface area contributed by atoms with Crippen LogP contribution in [-0.2, 0) is 4.74 Å². The number of anilines is 1. The van der Waals surface area contributed by atoms with Gasteiger partial charge in [-0.15, -0.1) is 0 Å². The smallest absolute Gasteiger partial charge is 0.253 e. The third-order valence-electron chi connectivity index (χ3n) is 3.38. The van der Waals surface area contributed by atoms with Gasteiger partial charge in [-0.05, 0) is 31.4 Å². The van der Waals surface area contributed by atoms with Gasteiger partial charge in [0.1, 0.15) is 0 Å². The first-order valence-corrected chi connectivity index (χ1v) is 6.14. The van der Waals surface area contributed by atoms with Gasteiger partial charge in [-0.3, -0.25) is 10.6 Å². The van der Waals surface area contributed by atoms with Gasteiger partial charge in [0.25, 0.3) is 5.91 Å². The van der Waals surface area contributed by atoms with Crippen LogP contribution in [0.5, 0.6) is 0 Å². The number of ether oxygens (including phenoxy) is 1. The molecule has 5 heteroatoms. The monoisotopic (exact) mass is 249 g/mol. The Morgan fingerprint density at radius 3 is 2.83 bits per heavy atom. The van der Waals surface area contributed by atoms with Crippen LogP contribution >= 0.6 is 0 Å². The summed E-state index contributed by atoms with van der Waals surface area (Å²) in [6, 6.07) is 7.38. The molecule has 1 aliphatic rings. The molecule has 0 spiro atoms. The predicted molar refractivity (Wildman–Crippen MR) is 70.2 cm³/mol. The van der Waals surface area contributed by atoms with Crippen LogP contribution in [0.3, 0.4) is 0 Å². The highest BCUT2D eigenvalue weighted by Gasteiger charge is 2.26. The van der Waals surface area contributed by atoms with Crippen LogP contribution in [0.4, 0.5) is 5.69 Å². The second-order valence-corrected chi connectivity index (χ2v) is 4.53. The van der Waals surface area contributed by atoms with Crippen molar-refractivity contribution in [3.63, 3.8) is 0 Å².